The lowest BCUT2D eigenvalue weighted by atomic mass is 10.3. The zero-order valence-corrected chi connectivity index (χ0v) is 17.4. The summed E-state index contributed by atoms with van der Waals surface area (Å²) in [6.07, 6.45) is 1.95. The first-order valence-electron chi connectivity index (χ1n) is 9.73. The highest BCUT2D eigenvalue weighted by atomic mass is 35.5. The highest BCUT2D eigenvalue weighted by molar-refractivity contribution is 6.29. The minimum absolute atomic E-state index is 0.132. The molecule has 4 heterocycles. The number of ether oxygens (including phenoxy) is 1. The van der Waals surface area contributed by atoms with Crippen LogP contribution in [0.3, 0.4) is 0 Å². The molecule has 4 N–H and O–H groups in total. The van der Waals surface area contributed by atoms with Gasteiger partial charge in [0.1, 0.15) is 16.6 Å². The molecule has 1 saturated heterocycles. The SMILES string of the molecule is Nc1nc(NCCNc2nc(Cl)cc3nc(CN4CCOCC4)cn23)ccc1[N+](=O)[O-]. The molecule has 0 unspecified atom stereocenters. The number of aromatic nitrogens is 4. The molecule has 0 amide bonds. The first-order chi connectivity index (χ1) is 15.0. The van der Waals surface area contributed by atoms with E-state index in [-0.39, 0.29) is 11.5 Å². The van der Waals surface area contributed by atoms with Gasteiger partial charge >= 0.3 is 5.69 Å². The van der Waals surface area contributed by atoms with Crippen molar-refractivity contribution >= 4 is 40.5 Å². The maximum atomic E-state index is 10.8. The van der Waals surface area contributed by atoms with Crippen molar-refractivity contribution in [2.45, 2.75) is 6.54 Å². The van der Waals surface area contributed by atoms with E-state index in [1.165, 1.54) is 12.1 Å². The Kier molecular flexibility index (Phi) is 6.30. The number of hydrogen-bond acceptors (Lipinski definition) is 10. The van der Waals surface area contributed by atoms with Crippen LogP contribution >= 0.6 is 11.6 Å². The number of rotatable bonds is 8. The molecular formula is C18H22ClN9O3. The van der Waals surface area contributed by atoms with Gasteiger partial charge in [-0.2, -0.15) is 0 Å². The van der Waals surface area contributed by atoms with Gasteiger partial charge in [-0.3, -0.25) is 19.4 Å². The molecule has 164 valence electrons. The number of anilines is 3. The number of halogens is 1. The van der Waals surface area contributed by atoms with Crippen molar-refractivity contribution in [3.8, 4) is 0 Å². The molecule has 0 radical (unpaired) electrons. The largest absolute Gasteiger partial charge is 0.379 e. The third kappa shape index (κ3) is 5.10. The van der Waals surface area contributed by atoms with E-state index in [1.54, 1.807) is 6.07 Å². The standard InChI is InChI=1S/C18H22ClN9O3/c19-14-9-16-23-12(10-26-5-7-31-8-6-26)11-27(16)18(24-14)22-4-3-21-15-2-1-13(28(29)30)17(20)25-15/h1-2,9,11H,3-8,10H2,(H,22,24)(H3,20,21,25). The van der Waals surface area contributed by atoms with Crippen LogP contribution in [0.15, 0.2) is 24.4 Å². The van der Waals surface area contributed by atoms with Gasteiger partial charge in [0.05, 0.1) is 23.8 Å². The molecule has 0 bridgehead atoms. The summed E-state index contributed by atoms with van der Waals surface area (Å²) in [5, 5.41) is 17.5. The highest BCUT2D eigenvalue weighted by Gasteiger charge is 2.15. The van der Waals surface area contributed by atoms with Crippen molar-refractivity contribution in [3.63, 3.8) is 0 Å². The molecule has 0 aromatic carbocycles. The van der Waals surface area contributed by atoms with Crippen molar-refractivity contribution < 1.29 is 9.66 Å². The number of morpholine rings is 1. The summed E-state index contributed by atoms with van der Waals surface area (Å²) in [6, 6.07) is 4.55. The Bertz CT molecular complexity index is 1080. The maximum Gasteiger partial charge on any atom is 0.311 e. The Morgan fingerprint density at radius 2 is 1.97 bits per heavy atom. The molecule has 1 fully saturated rings. The molecule has 0 aliphatic carbocycles. The van der Waals surface area contributed by atoms with Gasteiger partial charge in [-0.1, -0.05) is 11.6 Å². The fourth-order valence-electron chi connectivity index (χ4n) is 3.28. The lowest BCUT2D eigenvalue weighted by Gasteiger charge is -2.25. The number of imidazole rings is 1. The Balaban J connectivity index is 1.38. The molecule has 1 aliphatic rings. The Hall–Kier alpha value is -3.22. The smallest absolute Gasteiger partial charge is 0.311 e. The quantitative estimate of drug-likeness (QED) is 0.201. The maximum absolute atomic E-state index is 10.8. The number of nitrogen functional groups attached to an aromatic ring is 1. The van der Waals surface area contributed by atoms with Gasteiger partial charge in [-0.05, 0) is 6.07 Å². The van der Waals surface area contributed by atoms with E-state index in [1.807, 2.05) is 10.6 Å². The fourth-order valence-corrected chi connectivity index (χ4v) is 3.46. The van der Waals surface area contributed by atoms with Crippen molar-refractivity contribution in [2.75, 3.05) is 55.8 Å². The zero-order valence-electron chi connectivity index (χ0n) is 16.6. The van der Waals surface area contributed by atoms with Crippen molar-refractivity contribution in [1.29, 1.82) is 0 Å². The molecule has 0 spiro atoms. The second-order valence-corrected chi connectivity index (χ2v) is 7.35. The number of hydrogen-bond donors (Lipinski definition) is 3. The summed E-state index contributed by atoms with van der Waals surface area (Å²) in [4.78, 5) is 25.6. The lowest BCUT2D eigenvalue weighted by Crippen LogP contribution is -2.35. The van der Waals surface area contributed by atoms with E-state index in [9.17, 15) is 10.1 Å². The highest BCUT2D eigenvalue weighted by Crippen LogP contribution is 2.21. The minimum atomic E-state index is -0.567. The van der Waals surface area contributed by atoms with Crippen molar-refractivity contribution in [2.24, 2.45) is 0 Å². The van der Waals surface area contributed by atoms with E-state index in [4.69, 9.17) is 22.1 Å². The van der Waals surface area contributed by atoms with E-state index in [0.29, 0.717) is 35.7 Å². The van der Waals surface area contributed by atoms with Crippen LogP contribution in [0.4, 0.5) is 23.3 Å². The van der Waals surface area contributed by atoms with Crippen LogP contribution in [0.25, 0.3) is 5.65 Å². The third-order valence-electron chi connectivity index (χ3n) is 4.77. The second kappa shape index (κ2) is 9.29. The van der Waals surface area contributed by atoms with Crippen molar-refractivity contribution in [3.05, 3.63) is 45.4 Å². The third-order valence-corrected chi connectivity index (χ3v) is 4.97. The Morgan fingerprint density at radius 1 is 1.19 bits per heavy atom. The number of nitrogens with zero attached hydrogens (tertiary/aromatic N) is 6. The molecule has 0 atom stereocenters. The zero-order chi connectivity index (χ0) is 21.8. The molecule has 1 aliphatic heterocycles. The minimum Gasteiger partial charge on any atom is -0.379 e. The number of fused-ring (bicyclic) bond motifs is 1. The summed E-state index contributed by atoms with van der Waals surface area (Å²) in [7, 11) is 0. The van der Waals surface area contributed by atoms with Gasteiger partial charge in [-0.25, -0.2) is 15.0 Å². The van der Waals surface area contributed by atoms with Gasteiger partial charge in [0.2, 0.25) is 11.8 Å². The van der Waals surface area contributed by atoms with Crippen LogP contribution in [-0.4, -0.2) is 68.6 Å². The molecule has 31 heavy (non-hydrogen) atoms. The van der Waals surface area contributed by atoms with Crippen molar-refractivity contribution in [1.82, 2.24) is 24.3 Å². The molecular weight excluding hydrogens is 426 g/mol. The number of pyridine rings is 1. The van der Waals surface area contributed by atoms with Gasteiger partial charge in [0, 0.05) is 51.1 Å². The van der Waals surface area contributed by atoms with Crippen LogP contribution in [0.1, 0.15) is 5.69 Å². The average Bonchev–Trinajstić information content (AvgIpc) is 3.13. The average molecular weight is 448 g/mol. The Labute approximate surface area is 182 Å². The number of nitro groups is 1. The van der Waals surface area contributed by atoms with Gasteiger partial charge < -0.3 is 21.1 Å². The first-order valence-corrected chi connectivity index (χ1v) is 10.1. The summed E-state index contributed by atoms with van der Waals surface area (Å²) >= 11 is 6.17. The number of nitrogens with one attached hydrogen (secondary N) is 2. The summed E-state index contributed by atoms with van der Waals surface area (Å²) in [5.74, 6) is 0.887. The predicted octanol–water partition coefficient (Wildman–Crippen LogP) is 1.62. The molecule has 3 aromatic heterocycles. The van der Waals surface area contributed by atoms with Crippen LogP contribution in [0, 0.1) is 10.1 Å². The van der Waals surface area contributed by atoms with Gasteiger partial charge in [-0.15, -0.1) is 0 Å². The first kappa shape index (κ1) is 21.0. The van der Waals surface area contributed by atoms with Gasteiger partial charge in [0.25, 0.3) is 0 Å². The normalized spacial score (nSPS) is 14.6. The van der Waals surface area contributed by atoms with E-state index in [0.717, 1.165) is 38.5 Å². The second-order valence-electron chi connectivity index (χ2n) is 6.96. The molecule has 12 nitrogen and oxygen atoms in total. The molecule has 0 saturated carbocycles. The number of nitrogens with two attached hydrogens (primary N) is 1. The molecule has 3 aromatic rings. The van der Waals surface area contributed by atoms with E-state index in [2.05, 4.69) is 30.5 Å². The van der Waals surface area contributed by atoms with Crippen LogP contribution in [0.2, 0.25) is 5.15 Å². The fraction of sp³-hybridized carbons (Fsp3) is 0.389. The summed E-state index contributed by atoms with van der Waals surface area (Å²) in [5.41, 5.74) is 7.03. The van der Waals surface area contributed by atoms with Crippen LogP contribution in [0.5, 0.6) is 0 Å². The van der Waals surface area contributed by atoms with Gasteiger partial charge in [0.15, 0.2) is 0 Å². The topological polar surface area (TPSA) is 149 Å². The summed E-state index contributed by atoms with van der Waals surface area (Å²) in [6.45, 7) is 4.94. The summed E-state index contributed by atoms with van der Waals surface area (Å²) < 4.78 is 7.25. The van der Waals surface area contributed by atoms with E-state index >= 15 is 0 Å². The van der Waals surface area contributed by atoms with Crippen LogP contribution < -0.4 is 16.4 Å². The molecule has 4 rings (SSSR count). The van der Waals surface area contributed by atoms with E-state index < -0.39 is 4.92 Å². The molecule has 13 heteroatoms. The lowest BCUT2D eigenvalue weighted by molar-refractivity contribution is -0.384. The predicted molar refractivity (Wildman–Crippen MR) is 116 cm³/mol. The monoisotopic (exact) mass is 447 g/mol. The van der Waals surface area contributed by atoms with Crippen LogP contribution in [-0.2, 0) is 11.3 Å². The Morgan fingerprint density at radius 3 is 2.71 bits per heavy atom.